The summed E-state index contributed by atoms with van der Waals surface area (Å²) in [5.74, 6) is 1.75. The van der Waals surface area contributed by atoms with Crippen LogP contribution in [0.15, 0.2) is 46.1 Å². The van der Waals surface area contributed by atoms with Crippen LogP contribution >= 0.6 is 35.0 Å². The Hall–Kier alpha value is -2.02. The molecule has 0 unspecified atom stereocenters. The molecule has 4 aromatic rings. The van der Waals surface area contributed by atoms with Crippen LogP contribution in [0.1, 0.15) is 11.4 Å². The molecule has 4 rings (SSSR count). The van der Waals surface area contributed by atoms with E-state index in [2.05, 4.69) is 10.2 Å². The highest BCUT2D eigenvalue weighted by Crippen LogP contribution is 2.35. The molecule has 0 aliphatic heterocycles. The van der Waals surface area contributed by atoms with Crippen LogP contribution in [-0.2, 0) is 12.8 Å². The van der Waals surface area contributed by atoms with E-state index in [0.29, 0.717) is 27.0 Å². The van der Waals surface area contributed by atoms with Gasteiger partial charge in [-0.05, 0) is 31.2 Å². The number of hydrogen-bond acceptors (Lipinski definition) is 4. The summed E-state index contributed by atoms with van der Waals surface area (Å²) in [6.45, 7) is 1.96. The Morgan fingerprint density at radius 2 is 1.85 bits per heavy atom. The first-order valence-electron chi connectivity index (χ1n) is 7.87. The minimum absolute atomic E-state index is 0.0862. The van der Waals surface area contributed by atoms with Gasteiger partial charge in [-0.15, -0.1) is 22.0 Å². The van der Waals surface area contributed by atoms with Gasteiger partial charge in [-0.25, -0.2) is 0 Å². The van der Waals surface area contributed by atoms with Gasteiger partial charge in [0, 0.05) is 11.9 Å². The molecular formula is C18H14Cl2N4OS. The minimum Gasteiger partial charge on any atom is -0.279 e. The van der Waals surface area contributed by atoms with Gasteiger partial charge in [-0.2, -0.15) is 0 Å². The van der Waals surface area contributed by atoms with E-state index in [-0.39, 0.29) is 5.56 Å². The average Bonchev–Trinajstić information content (AvgIpc) is 3.03. The van der Waals surface area contributed by atoms with Crippen molar-refractivity contribution < 1.29 is 0 Å². The molecule has 0 spiro atoms. The molecule has 0 N–H and O–H groups in total. The van der Waals surface area contributed by atoms with E-state index in [0.717, 1.165) is 21.8 Å². The van der Waals surface area contributed by atoms with Crippen LogP contribution in [0.4, 0.5) is 0 Å². The number of aryl methyl sites for hydroxylation is 2. The first-order chi connectivity index (χ1) is 12.5. The molecule has 2 aromatic carbocycles. The maximum absolute atomic E-state index is 12.6. The summed E-state index contributed by atoms with van der Waals surface area (Å²) in [4.78, 5) is 13.4. The number of rotatable bonds is 3. The number of thioether (sulfide) groups is 1. The standard InChI is InChI=1S/C18H14Cl2N4OS/c1-10-6-7-14-11(8-10)17(25)23(2)18-22-21-15(24(14)18)9-26-16-12(19)4-3-5-13(16)20/h3-8H,9H2,1-2H3. The molecule has 0 amide bonds. The number of aromatic nitrogens is 4. The predicted molar refractivity (Wildman–Crippen MR) is 106 cm³/mol. The Morgan fingerprint density at radius 3 is 2.58 bits per heavy atom. The van der Waals surface area contributed by atoms with Crippen molar-refractivity contribution in [2.45, 2.75) is 17.6 Å². The number of halogens is 2. The number of hydrogen-bond donors (Lipinski definition) is 0. The molecule has 0 saturated carbocycles. The van der Waals surface area contributed by atoms with E-state index in [1.54, 1.807) is 19.2 Å². The Balaban J connectivity index is 1.87. The van der Waals surface area contributed by atoms with E-state index in [4.69, 9.17) is 23.2 Å². The molecule has 0 fully saturated rings. The Morgan fingerprint density at radius 1 is 1.12 bits per heavy atom. The van der Waals surface area contributed by atoms with Crippen LogP contribution in [0.25, 0.3) is 16.7 Å². The van der Waals surface area contributed by atoms with Gasteiger partial charge < -0.3 is 0 Å². The number of fused-ring (bicyclic) bond motifs is 3. The first kappa shape index (κ1) is 17.4. The third-order valence-corrected chi connectivity index (χ3v) is 6.19. The minimum atomic E-state index is -0.0862. The zero-order valence-electron chi connectivity index (χ0n) is 14.0. The predicted octanol–water partition coefficient (Wildman–Crippen LogP) is 4.49. The molecule has 0 radical (unpaired) electrons. The third kappa shape index (κ3) is 2.78. The van der Waals surface area contributed by atoms with Crippen molar-refractivity contribution in [2.75, 3.05) is 0 Å². The van der Waals surface area contributed by atoms with Crippen molar-refractivity contribution in [3.05, 3.63) is 68.2 Å². The van der Waals surface area contributed by atoms with Crippen molar-refractivity contribution in [2.24, 2.45) is 7.05 Å². The van der Waals surface area contributed by atoms with Gasteiger partial charge in [0.25, 0.3) is 5.56 Å². The summed E-state index contributed by atoms with van der Waals surface area (Å²) in [7, 11) is 1.70. The Bertz CT molecular complexity index is 1200. The van der Waals surface area contributed by atoms with E-state index >= 15 is 0 Å². The summed E-state index contributed by atoms with van der Waals surface area (Å²) in [5, 5.41) is 10.3. The lowest BCUT2D eigenvalue weighted by molar-refractivity contribution is 0.857. The van der Waals surface area contributed by atoms with Gasteiger partial charge in [0.1, 0.15) is 5.82 Å². The smallest absolute Gasteiger partial charge is 0.262 e. The summed E-state index contributed by atoms with van der Waals surface area (Å²) in [5.41, 5.74) is 1.73. The topological polar surface area (TPSA) is 52.2 Å². The average molecular weight is 405 g/mol. The molecule has 132 valence electrons. The lowest BCUT2D eigenvalue weighted by Gasteiger charge is -2.09. The molecule has 2 heterocycles. The summed E-state index contributed by atoms with van der Waals surface area (Å²) >= 11 is 14.0. The fraction of sp³-hybridized carbons (Fsp3) is 0.167. The summed E-state index contributed by atoms with van der Waals surface area (Å²) < 4.78 is 3.43. The van der Waals surface area contributed by atoms with Crippen molar-refractivity contribution >= 4 is 51.6 Å². The zero-order valence-corrected chi connectivity index (χ0v) is 16.4. The Labute approximate surface area is 163 Å². The molecule has 8 heteroatoms. The molecule has 26 heavy (non-hydrogen) atoms. The lowest BCUT2D eigenvalue weighted by atomic mass is 10.1. The quantitative estimate of drug-likeness (QED) is 0.472. The molecule has 0 bridgehead atoms. The summed E-state index contributed by atoms with van der Waals surface area (Å²) in [6, 6.07) is 11.2. The molecular weight excluding hydrogens is 391 g/mol. The highest BCUT2D eigenvalue weighted by Gasteiger charge is 2.16. The molecule has 0 aliphatic carbocycles. The SMILES string of the molecule is Cc1ccc2c(c1)c(=O)n(C)c1nnc(CSc3c(Cl)cccc3Cl)n21. The third-order valence-electron chi connectivity index (χ3n) is 4.21. The highest BCUT2D eigenvalue weighted by atomic mass is 35.5. The van der Waals surface area contributed by atoms with E-state index in [1.807, 2.05) is 35.6 Å². The van der Waals surface area contributed by atoms with Gasteiger partial charge in [0.15, 0.2) is 0 Å². The van der Waals surface area contributed by atoms with Crippen molar-refractivity contribution in [3.63, 3.8) is 0 Å². The monoisotopic (exact) mass is 404 g/mol. The second kappa shape index (κ2) is 6.61. The highest BCUT2D eigenvalue weighted by molar-refractivity contribution is 7.98. The second-order valence-electron chi connectivity index (χ2n) is 5.98. The van der Waals surface area contributed by atoms with Crippen LogP contribution in [0, 0.1) is 6.92 Å². The summed E-state index contributed by atoms with van der Waals surface area (Å²) in [6.07, 6.45) is 0. The molecule has 0 saturated heterocycles. The van der Waals surface area contributed by atoms with Crippen LogP contribution in [-0.4, -0.2) is 19.2 Å². The first-order valence-corrected chi connectivity index (χ1v) is 9.61. The van der Waals surface area contributed by atoms with Crippen molar-refractivity contribution in [1.82, 2.24) is 19.2 Å². The maximum Gasteiger partial charge on any atom is 0.262 e. The van der Waals surface area contributed by atoms with Gasteiger partial charge in [0.2, 0.25) is 5.78 Å². The van der Waals surface area contributed by atoms with Crippen LogP contribution in [0.5, 0.6) is 0 Å². The molecule has 0 atom stereocenters. The molecule has 0 aliphatic rings. The zero-order chi connectivity index (χ0) is 18.4. The van der Waals surface area contributed by atoms with Crippen LogP contribution in [0.3, 0.4) is 0 Å². The maximum atomic E-state index is 12.6. The van der Waals surface area contributed by atoms with Gasteiger partial charge >= 0.3 is 0 Å². The normalized spacial score (nSPS) is 11.5. The van der Waals surface area contributed by atoms with Crippen LogP contribution in [0.2, 0.25) is 10.0 Å². The largest absolute Gasteiger partial charge is 0.279 e. The van der Waals surface area contributed by atoms with E-state index < -0.39 is 0 Å². The fourth-order valence-corrected chi connectivity index (χ4v) is 4.51. The van der Waals surface area contributed by atoms with Gasteiger partial charge in [-0.1, -0.05) is 40.9 Å². The van der Waals surface area contributed by atoms with Crippen molar-refractivity contribution in [1.29, 1.82) is 0 Å². The van der Waals surface area contributed by atoms with Crippen LogP contribution < -0.4 is 5.56 Å². The fourth-order valence-electron chi connectivity index (χ4n) is 2.91. The molecule has 2 aromatic heterocycles. The second-order valence-corrected chi connectivity index (χ2v) is 7.78. The number of nitrogens with zero attached hydrogens (tertiary/aromatic N) is 4. The number of benzene rings is 2. The van der Waals surface area contributed by atoms with Gasteiger partial charge in [-0.3, -0.25) is 13.8 Å². The van der Waals surface area contributed by atoms with E-state index in [1.165, 1.54) is 16.3 Å². The van der Waals surface area contributed by atoms with Crippen molar-refractivity contribution in [3.8, 4) is 0 Å². The molecule has 5 nitrogen and oxygen atoms in total. The van der Waals surface area contributed by atoms with Gasteiger partial charge in [0.05, 0.1) is 26.7 Å². The van der Waals surface area contributed by atoms with E-state index in [9.17, 15) is 4.79 Å². The Kier molecular flexibility index (Phi) is 4.42. The lowest BCUT2D eigenvalue weighted by Crippen LogP contribution is -2.20.